The molecule has 0 unspecified atom stereocenters. The van der Waals surface area contributed by atoms with Gasteiger partial charge in [0.15, 0.2) is 0 Å². The molecule has 0 saturated heterocycles. The Labute approximate surface area is 438 Å². The first-order valence-corrected chi connectivity index (χ1v) is 21.7. The van der Waals surface area contributed by atoms with E-state index >= 15 is 0 Å². The summed E-state index contributed by atoms with van der Waals surface area (Å²) in [5, 5.41) is 29.7. The number of carbonyl (C=O) groups excluding carboxylic acids is 3. The number of rotatable bonds is 19. The van der Waals surface area contributed by atoms with Crippen LogP contribution in [0, 0.1) is 0 Å². The van der Waals surface area contributed by atoms with Crippen molar-refractivity contribution in [3.63, 3.8) is 0 Å². The van der Waals surface area contributed by atoms with E-state index in [-0.39, 0.29) is 84.0 Å². The molecule has 3 aromatic heterocycles. The minimum Gasteiger partial charge on any atom is -0.458 e. The van der Waals surface area contributed by atoms with Gasteiger partial charge in [-0.3, -0.25) is 4.68 Å². The van der Waals surface area contributed by atoms with Gasteiger partial charge in [0.05, 0.1) is 18.6 Å². The van der Waals surface area contributed by atoms with Crippen molar-refractivity contribution in [2.45, 2.75) is 64.8 Å². The Morgan fingerprint density at radius 3 is 1.43 bits per heavy atom. The predicted octanol–water partition coefficient (Wildman–Crippen LogP) is 7.41. The van der Waals surface area contributed by atoms with Crippen LogP contribution in [0.25, 0.3) is 0 Å². The summed E-state index contributed by atoms with van der Waals surface area (Å²) in [6.45, 7) is 1.62. The second kappa shape index (κ2) is 33.6. The SMILES string of the molecule is O=C(NCCCC[C@H](NC(=O)OCc1cn(Cc2ccc[cH-]2)nn1)C(=O)OCc1cn(Cc2cc[cH-]c2)nn1)OCc1cn(Cc2ccc[cH-]2)nn1.[Fe+2].[Fe+2].[Fe+2].c1cc[cH-]c1.c1cc[cH-]c1.c1cc[cH-]c1. The van der Waals surface area contributed by atoms with Crippen molar-refractivity contribution in [3.8, 4) is 0 Å². The van der Waals surface area contributed by atoms with E-state index in [9.17, 15) is 14.4 Å². The molecule has 0 fully saturated rings. The van der Waals surface area contributed by atoms with E-state index < -0.39 is 24.2 Å². The van der Waals surface area contributed by atoms with Crippen molar-refractivity contribution >= 4 is 18.2 Å². The van der Waals surface area contributed by atoms with Crippen molar-refractivity contribution in [2.75, 3.05) is 6.54 Å². The zero-order valence-electron chi connectivity index (χ0n) is 38.0. The van der Waals surface area contributed by atoms with E-state index in [4.69, 9.17) is 14.2 Å². The fraction of sp³-hybridized carbons (Fsp3) is 0.220. The molecule has 17 nitrogen and oxygen atoms in total. The van der Waals surface area contributed by atoms with Crippen LogP contribution in [0.5, 0.6) is 0 Å². The zero-order valence-corrected chi connectivity index (χ0v) is 41.3. The third kappa shape index (κ3) is 22.5. The van der Waals surface area contributed by atoms with Gasteiger partial charge in [0.2, 0.25) is 0 Å². The summed E-state index contributed by atoms with van der Waals surface area (Å²) < 4.78 is 21.1. The molecule has 0 aliphatic carbocycles. The van der Waals surface area contributed by atoms with Crippen LogP contribution in [-0.4, -0.2) is 75.7 Å². The van der Waals surface area contributed by atoms with Crippen LogP contribution >= 0.6 is 0 Å². The molecule has 2 N–H and O–H groups in total. The summed E-state index contributed by atoms with van der Waals surface area (Å²) in [4.78, 5) is 38.2. The van der Waals surface area contributed by atoms with Crippen molar-refractivity contribution in [1.82, 2.24) is 55.6 Å². The van der Waals surface area contributed by atoms with Gasteiger partial charge < -0.3 is 24.8 Å². The number of unbranched alkanes of at least 4 members (excludes halogenated alkanes) is 1. The molecule has 3 heterocycles. The first kappa shape index (κ1) is 57.4. The van der Waals surface area contributed by atoms with Gasteiger partial charge in [-0.1, -0.05) is 15.6 Å². The van der Waals surface area contributed by atoms with Crippen molar-refractivity contribution in [2.24, 2.45) is 0 Å². The van der Waals surface area contributed by atoms with Crippen molar-refractivity contribution in [1.29, 1.82) is 0 Å². The molecule has 9 rings (SSSR count). The van der Waals surface area contributed by atoms with Gasteiger partial charge in [0.25, 0.3) is 0 Å². The number of ether oxygens (including phenoxy) is 3. The molecule has 1 atom stereocenters. The van der Waals surface area contributed by atoms with Crippen LogP contribution in [0.4, 0.5) is 9.59 Å². The van der Waals surface area contributed by atoms with Gasteiger partial charge in [-0.15, -0.1) is 26.4 Å². The van der Waals surface area contributed by atoms with Crippen molar-refractivity contribution < 1.29 is 79.8 Å². The number of alkyl carbamates (subject to hydrolysis) is 2. The molecular weight excluding hydrogens is 1020 g/mol. The number of hydrogen-bond donors (Lipinski definition) is 2. The number of nitrogens with zero attached hydrogens (tertiary/aromatic N) is 9. The topological polar surface area (TPSA) is 195 Å². The monoisotopic (exact) mass is 1070 g/mol. The van der Waals surface area contributed by atoms with Gasteiger partial charge in [0, 0.05) is 26.2 Å². The molecule has 0 saturated carbocycles. The number of aromatic nitrogens is 9. The van der Waals surface area contributed by atoms with E-state index in [1.54, 1.807) is 32.6 Å². The Kier molecular flexibility index (Phi) is 27.5. The van der Waals surface area contributed by atoms with Crippen molar-refractivity contribution in [3.05, 3.63) is 216 Å². The first-order chi connectivity index (χ1) is 32.9. The van der Waals surface area contributed by atoms with Crippen LogP contribution in [0.15, 0.2) is 182 Å². The maximum Gasteiger partial charge on any atom is 2.00 e. The average molecular weight is 1070 g/mol. The summed E-state index contributed by atoms with van der Waals surface area (Å²) in [7, 11) is 0. The maximum absolute atomic E-state index is 13.2. The third-order valence-electron chi connectivity index (χ3n) is 9.48. The Morgan fingerprint density at radius 1 is 0.529 bits per heavy atom. The molecular formula is C50H53Fe3N11O6. The largest absolute Gasteiger partial charge is 2.00 e. The average Bonchev–Trinajstić information content (AvgIpc) is 4.18. The Balaban J connectivity index is 0.000000612. The van der Waals surface area contributed by atoms with Crippen LogP contribution < -0.4 is 10.6 Å². The van der Waals surface area contributed by atoms with Crippen LogP contribution in [-0.2, 0) is 110 Å². The van der Waals surface area contributed by atoms with E-state index in [1.165, 1.54) is 0 Å². The Morgan fingerprint density at radius 2 is 1.00 bits per heavy atom. The number of hydrogen-bond acceptors (Lipinski definition) is 12. The quantitative estimate of drug-likeness (QED) is 0.0268. The second-order valence-electron chi connectivity index (χ2n) is 14.9. The Bertz CT molecular complexity index is 2490. The number of nitrogens with one attached hydrogen (secondary N) is 2. The standard InChI is InChI=1S/C35H38N11O6.3C5H5.3Fe/c47-33(50-23-29-20-44(41-38-29)17-26-9-1-2-10-26)32(37-35(49)52-25-31-22-46(43-40-31)19-28-13-5-6-14-28)15-7-8-16-36-34(48)51-24-30-21-45(42-39-30)18-27-11-3-4-12-27;3*1-2-4-5-3-1;;;/h1-6,9-14,20-22,32H,7-8,15-19,23-25H2,(H,36,48)(H,37,49);3*1-5H;;;/q-3;3*-1;3*+2/t32-;;;;;;/m0....../s1. The molecule has 0 aliphatic heterocycles. The third-order valence-corrected chi connectivity index (χ3v) is 9.48. The normalized spacial score (nSPS) is 10.3. The molecule has 368 valence electrons. The molecule has 70 heavy (non-hydrogen) atoms. The van der Waals surface area contributed by atoms with Crippen LogP contribution in [0.2, 0.25) is 0 Å². The maximum atomic E-state index is 13.2. The van der Waals surface area contributed by atoms with Crippen LogP contribution in [0.3, 0.4) is 0 Å². The Hall–Kier alpha value is -6.91. The smallest absolute Gasteiger partial charge is 0.458 e. The van der Waals surface area contributed by atoms with Gasteiger partial charge >= 0.3 is 69.4 Å². The predicted molar refractivity (Wildman–Crippen MR) is 249 cm³/mol. The van der Waals surface area contributed by atoms with E-state index in [0.717, 1.165) is 16.7 Å². The molecule has 9 aromatic rings. The van der Waals surface area contributed by atoms with Gasteiger partial charge in [-0.25, -0.2) is 90.5 Å². The number of carbonyl (C=O) groups is 3. The second-order valence-corrected chi connectivity index (χ2v) is 14.9. The zero-order chi connectivity index (χ0) is 46.6. The van der Waals surface area contributed by atoms with Gasteiger partial charge in [0.1, 0.15) is 42.9 Å². The summed E-state index contributed by atoms with van der Waals surface area (Å²) in [5.41, 5.74) is 4.66. The minimum absolute atomic E-state index is 0. The fourth-order valence-corrected chi connectivity index (χ4v) is 6.20. The first-order valence-electron chi connectivity index (χ1n) is 21.7. The molecule has 20 heteroatoms. The number of amides is 2. The van der Waals surface area contributed by atoms with Crippen LogP contribution in [0.1, 0.15) is 53.0 Å². The summed E-state index contributed by atoms with van der Waals surface area (Å²) in [6.07, 6.45) is 4.85. The molecule has 0 aliphatic rings. The molecule has 0 bridgehead atoms. The molecule has 0 radical (unpaired) electrons. The van der Waals surface area contributed by atoms with Gasteiger partial charge in [-0.05, 0) is 19.3 Å². The van der Waals surface area contributed by atoms with E-state index in [1.807, 2.05) is 164 Å². The van der Waals surface area contributed by atoms with E-state index in [0.29, 0.717) is 49.6 Å². The van der Waals surface area contributed by atoms with Gasteiger partial charge in [-0.2, -0.15) is 103 Å². The summed E-state index contributed by atoms with van der Waals surface area (Å²) >= 11 is 0. The fourth-order valence-electron chi connectivity index (χ4n) is 6.20. The number of esters is 1. The minimum atomic E-state index is -1.03. The molecule has 0 spiro atoms. The summed E-state index contributed by atoms with van der Waals surface area (Å²) in [6, 6.07) is 52.5. The summed E-state index contributed by atoms with van der Waals surface area (Å²) in [5.74, 6) is -0.665. The molecule has 2 amide bonds. The molecule has 6 aromatic carbocycles. The van der Waals surface area contributed by atoms with E-state index in [2.05, 4.69) is 41.6 Å².